The van der Waals surface area contributed by atoms with Crippen LogP contribution < -0.4 is 26.8 Å². The fourth-order valence-corrected chi connectivity index (χ4v) is 4.81. The molecule has 2 heterocycles. The lowest BCUT2D eigenvalue weighted by Crippen LogP contribution is -2.42. The Balaban J connectivity index is 1.55. The molecule has 2 aliphatic rings. The van der Waals surface area contributed by atoms with Crippen molar-refractivity contribution in [3.8, 4) is 0 Å². The summed E-state index contributed by atoms with van der Waals surface area (Å²) in [6.45, 7) is 5.88. The Morgan fingerprint density at radius 2 is 1.81 bits per heavy atom. The van der Waals surface area contributed by atoms with Gasteiger partial charge in [0.15, 0.2) is 0 Å². The van der Waals surface area contributed by atoms with Crippen molar-refractivity contribution in [3.05, 3.63) is 24.3 Å². The summed E-state index contributed by atoms with van der Waals surface area (Å²) in [5.74, 6) is 0.131. The highest BCUT2D eigenvalue weighted by molar-refractivity contribution is 9.09. The fourth-order valence-electron chi connectivity index (χ4n) is 3.69. The number of alkyl halides is 1. The van der Waals surface area contributed by atoms with E-state index in [1.165, 1.54) is 0 Å². The van der Waals surface area contributed by atoms with E-state index in [0.717, 1.165) is 37.3 Å². The van der Waals surface area contributed by atoms with Crippen molar-refractivity contribution in [2.75, 3.05) is 23.3 Å². The molecule has 0 saturated carbocycles. The van der Waals surface area contributed by atoms with Crippen LogP contribution in [-0.4, -0.2) is 41.8 Å². The average molecular weight is 438 g/mol. The maximum absolute atomic E-state index is 12.6. The smallest absolute Gasteiger partial charge is 0.244 e. The molecule has 5 N–H and O–H groups in total. The zero-order chi connectivity index (χ0) is 19.6. The molecule has 2 saturated heterocycles. The van der Waals surface area contributed by atoms with Gasteiger partial charge in [-0.3, -0.25) is 15.0 Å². The third-order valence-electron chi connectivity index (χ3n) is 5.47. The molecule has 2 fully saturated rings. The van der Waals surface area contributed by atoms with Gasteiger partial charge in [-0.1, -0.05) is 29.8 Å². The summed E-state index contributed by atoms with van der Waals surface area (Å²) in [5.41, 5.74) is 13.5. The third-order valence-corrected chi connectivity index (χ3v) is 6.56. The largest absolute Gasteiger partial charge is 0.371 e. The SMILES string of the molecule is CC(C)C1NNC(C(=O)Nc2ccc(N3CCC(C(N)=O)CC3)cc2)C1Br. The molecule has 8 heteroatoms. The van der Waals surface area contributed by atoms with E-state index in [4.69, 9.17) is 5.73 Å². The number of hydrazine groups is 1. The van der Waals surface area contributed by atoms with Crippen molar-refractivity contribution in [2.24, 2.45) is 17.6 Å². The molecular weight excluding hydrogens is 410 g/mol. The van der Waals surface area contributed by atoms with Gasteiger partial charge in [0.1, 0.15) is 6.04 Å². The number of amides is 2. The van der Waals surface area contributed by atoms with E-state index in [9.17, 15) is 9.59 Å². The number of carbonyl (C=O) groups is 2. The molecule has 3 rings (SSSR count). The maximum Gasteiger partial charge on any atom is 0.244 e. The van der Waals surface area contributed by atoms with Crippen LogP contribution in [0.2, 0.25) is 0 Å². The van der Waals surface area contributed by atoms with E-state index >= 15 is 0 Å². The molecule has 2 amide bonds. The molecular formula is C19H28BrN5O2. The predicted molar refractivity (Wildman–Crippen MR) is 111 cm³/mol. The van der Waals surface area contributed by atoms with E-state index in [-0.39, 0.29) is 34.6 Å². The van der Waals surface area contributed by atoms with E-state index in [0.29, 0.717) is 5.92 Å². The number of piperidine rings is 1. The number of hydrogen-bond donors (Lipinski definition) is 4. The van der Waals surface area contributed by atoms with Gasteiger partial charge in [-0.15, -0.1) is 0 Å². The molecule has 0 radical (unpaired) electrons. The molecule has 0 bridgehead atoms. The molecule has 1 aromatic rings. The van der Waals surface area contributed by atoms with Crippen LogP contribution in [0.4, 0.5) is 11.4 Å². The minimum Gasteiger partial charge on any atom is -0.371 e. The van der Waals surface area contributed by atoms with E-state index in [1.54, 1.807) is 0 Å². The van der Waals surface area contributed by atoms with Gasteiger partial charge in [0, 0.05) is 36.4 Å². The molecule has 3 unspecified atom stereocenters. The zero-order valence-corrected chi connectivity index (χ0v) is 17.3. The molecule has 2 aliphatic heterocycles. The van der Waals surface area contributed by atoms with E-state index in [2.05, 4.69) is 50.8 Å². The quantitative estimate of drug-likeness (QED) is 0.524. The summed E-state index contributed by atoms with van der Waals surface area (Å²) >= 11 is 3.64. The Morgan fingerprint density at radius 3 is 2.33 bits per heavy atom. The first-order chi connectivity index (χ1) is 12.9. The van der Waals surface area contributed by atoms with Gasteiger partial charge in [0.05, 0.1) is 4.83 Å². The highest BCUT2D eigenvalue weighted by Crippen LogP contribution is 2.26. The van der Waals surface area contributed by atoms with Gasteiger partial charge >= 0.3 is 0 Å². The lowest BCUT2D eigenvalue weighted by atomic mass is 9.96. The molecule has 0 aromatic heterocycles. The number of benzene rings is 1. The van der Waals surface area contributed by atoms with Gasteiger partial charge in [-0.2, -0.15) is 0 Å². The van der Waals surface area contributed by atoms with Gasteiger partial charge in [-0.05, 0) is 43.0 Å². The molecule has 0 aliphatic carbocycles. The first-order valence-corrected chi connectivity index (χ1v) is 10.4. The van der Waals surface area contributed by atoms with E-state index in [1.807, 2.05) is 24.3 Å². The number of nitrogens with two attached hydrogens (primary N) is 1. The van der Waals surface area contributed by atoms with Crippen molar-refractivity contribution >= 4 is 39.1 Å². The normalized spacial score (nSPS) is 26.4. The number of nitrogens with one attached hydrogen (secondary N) is 3. The highest BCUT2D eigenvalue weighted by Gasteiger charge is 2.39. The number of halogens is 1. The zero-order valence-electron chi connectivity index (χ0n) is 15.7. The first-order valence-electron chi connectivity index (χ1n) is 9.47. The Bertz CT molecular complexity index is 673. The number of nitrogens with zero attached hydrogens (tertiary/aromatic N) is 1. The number of hydrogen-bond acceptors (Lipinski definition) is 5. The minimum atomic E-state index is -0.329. The monoisotopic (exact) mass is 437 g/mol. The van der Waals surface area contributed by atoms with Crippen LogP contribution >= 0.6 is 15.9 Å². The van der Waals surface area contributed by atoms with Crippen LogP contribution in [0, 0.1) is 11.8 Å². The maximum atomic E-state index is 12.6. The molecule has 0 spiro atoms. The van der Waals surface area contributed by atoms with Crippen LogP contribution in [0.15, 0.2) is 24.3 Å². The molecule has 148 valence electrons. The average Bonchev–Trinajstić information content (AvgIpc) is 3.04. The first kappa shape index (κ1) is 20.1. The van der Waals surface area contributed by atoms with E-state index < -0.39 is 0 Å². The second-order valence-corrected chi connectivity index (χ2v) is 8.74. The van der Waals surface area contributed by atoms with Crippen LogP contribution in [0.5, 0.6) is 0 Å². The lowest BCUT2D eigenvalue weighted by Gasteiger charge is -2.32. The summed E-state index contributed by atoms with van der Waals surface area (Å²) in [7, 11) is 0. The summed E-state index contributed by atoms with van der Waals surface area (Å²) < 4.78 is 0. The highest BCUT2D eigenvalue weighted by atomic mass is 79.9. The van der Waals surface area contributed by atoms with Crippen molar-refractivity contribution in [1.29, 1.82) is 0 Å². The second-order valence-electron chi connectivity index (χ2n) is 7.68. The van der Waals surface area contributed by atoms with Crippen molar-refractivity contribution < 1.29 is 9.59 Å². The summed E-state index contributed by atoms with van der Waals surface area (Å²) in [6, 6.07) is 7.71. The molecule has 7 nitrogen and oxygen atoms in total. The Morgan fingerprint density at radius 1 is 1.19 bits per heavy atom. The van der Waals surface area contributed by atoms with Crippen molar-refractivity contribution in [3.63, 3.8) is 0 Å². The topological polar surface area (TPSA) is 99.5 Å². The second kappa shape index (κ2) is 8.58. The predicted octanol–water partition coefficient (Wildman–Crippen LogP) is 1.59. The lowest BCUT2D eigenvalue weighted by molar-refractivity contribution is -0.122. The number of anilines is 2. The van der Waals surface area contributed by atoms with Gasteiger partial charge in [0.2, 0.25) is 11.8 Å². The van der Waals surface area contributed by atoms with Gasteiger partial charge in [0.25, 0.3) is 0 Å². The number of primary amides is 1. The van der Waals surface area contributed by atoms with Gasteiger partial charge < -0.3 is 16.0 Å². The van der Waals surface area contributed by atoms with Crippen LogP contribution in [-0.2, 0) is 9.59 Å². The van der Waals surface area contributed by atoms with Crippen LogP contribution in [0.25, 0.3) is 0 Å². The van der Waals surface area contributed by atoms with Crippen molar-refractivity contribution in [1.82, 2.24) is 10.9 Å². The summed E-state index contributed by atoms with van der Waals surface area (Å²) in [4.78, 5) is 26.1. The number of rotatable bonds is 5. The van der Waals surface area contributed by atoms with Gasteiger partial charge in [-0.25, -0.2) is 5.43 Å². The Hall–Kier alpha value is -1.64. The summed E-state index contributed by atoms with van der Waals surface area (Å²) in [6.07, 6.45) is 1.58. The fraction of sp³-hybridized carbons (Fsp3) is 0.579. The molecule has 27 heavy (non-hydrogen) atoms. The molecule has 3 atom stereocenters. The third kappa shape index (κ3) is 4.62. The Labute approximate surface area is 168 Å². The minimum absolute atomic E-state index is 0.0146. The number of carbonyl (C=O) groups excluding carboxylic acids is 2. The van der Waals surface area contributed by atoms with Crippen LogP contribution in [0.3, 0.4) is 0 Å². The summed E-state index contributed by atoms with van der Waals surface area (Å²) in [5, 5.41) is 2.97. The standard InChI is InChI=1S/C19H28BrN5O2/c1-11(2)16-15(20)17(24-23-16)19(27)22-13-3-5-14(6-4-13)25-9-7-12(8-10-25)18(21)26/h3-6,11-12,15-17,23-24H,7-10H2,1-2H3,(H2,21,26)(H,22,27). The van der Waals surface area contributed by atoms with Crippen LogP contribution in [0.1, 0.15) is 26.7 Å². The molecule has 1 aromatic carbocycles. The Kier molecular flexibility index (Phi) is 6.39. The van der Waals surface area contributed by atoms with Crippen molar-refractivity contribution in [2.45, 2.75) is 43.6 Å².